The summed E-state index contributed by atoms with van der Waals surface area (Å²) in [6, 6.07) is 23.2. The molecule has 4 rings (SSSR count). The zero-order valence-electron chi connectivity index (χ0n) is 15.9. The standard InChI is InChI=1S/C24H19NO3S/c1-27-24(26)19-12-10-17(11-13-19)16-28-21-8-4-2-6-18(21)14-15-23-25-20-7-3-5-9-22(20)29-23/h2-15H,16H2,1H3. The minimum absolute atomic E-state index is 0.345. The maximum absolute atomic E-state index is 11.5. The smallest absolute Gasteiger partial charge is 0.337 e. The Kier molecular flexibility index (Phi) is 5.68. The van der Waals surface area contributed by atoms with Gasteiger partial charge in [0, 0.05) is 5.56 Å². The molecule has 0 radical (unpaired) electrons. The van der Waals surface area contributed by atoms with Crippen LogP contribution in [0.25, 0.3) is 22.4 Å². The van der Waals surface area contributed by atoms with Crippen LogP contribution in [0.1, 0.15) is 26.5 Å². The third-order valence-electron chi connectivity index (χ3n) is 4.40. The van der Waals surface area contributed by atoms with Crippen LogP contribution in [0, 0.1) is 0 Å². The molecule has 29 heavy (non-hydrogen) atoms. The van der Waals surface area contributed by atoms with Crippen LogP contribution in [-0.4, -0.2) is 18.1 Å². The molecular weight excluding hydrogens is 382 g/mol. The normalized spacial score (nSPS) is 11.1. The summed E-state index contributed by atoms with van der Waals surface area (Å²) in [6.45, 7) is 0.410. The Morgan fingerprint density at radius 2 is 1.72 bits per heavy atom. The molecule has 4 aromatic rings. The molecule has 0 saturated carbocycles. The van der Waals surface area contributed by atoms with E-state index in [0.29, 0.717) is 12.2 Å². The van der Waals surface area contributed by atoms with Crippen molar-refractivity contribution >= 4 is 39.7 Å². The number of para-hydroxylation sites is 2. The van der Waals surface area contributed by atoms with Gasteiger partial charge in [0.1, 0.15) is 17.4 Å². The second-order valence-electron chi connectivity index (χ2n) is 6.37. The van der Waals surface area contributed by atoms with Crippen molar-refractivity contribution < 1.29 is 14.3 Å². The summed E-state index contributed by atoms with van der Waals surface area (Å²) in [5, 5.41) is 0.958. The molecule has 0 saturated heterocycles. The molecule has 0 amide bonds. The van der Waals surface area contributed by atoms with E-state index in [2.05, 4.69) is 11.1 Å². The van der Waals surface area contributed by atoms with Crippen LogP contribution in [0.3, 0.4) is 0 Å². The number of thiazole rings is 1. The molecule has 144 valence electrons. The molecular formula is C24H19NO3S. The predicted molar refractivity (Wildman–Crippen MR) is 117 cm³/mol. The number of nitrogens with zero attached hydrogens (tertiary/aromatic N) is 1. The summed E-state index contributed by atoms with van der Waals surface area (Å²) in [5.74, 6) is 0.449. The van der Waals surface area contributed by atoms with Gasteiger partial charge in [-0.25, -0.2) is 9.78 Å². The monoisotopic (exact) mass is 401 g/mol. The maximum Gasteiger partial charge on any atom is 0.337 e. The van der Waals surface area contributed by atoms with E-state index < -0.39 is 0 Å². The minimum atomic E-state index is -0.345. The van der Waals surface area contributed by atoms with E-state index in [-0.39, 0.29) is 5.97 Å². The van der Waals surface area contributed by atoms with Gasteiger partial charge >= 0.3 is 5.97 Å². The maximum atomic E-state index is 11.5. The molecule has 0 spiro atoms. The molecule has 0 aliphatic heterocycles. The zero-order valence-corrected chi connectivity index (χ0v) is 16.7. The molecule has 3 aromatic carbocycles. The first kappa shape index (κ1) is 18.9. The summed E-state index contributed by atoms with van der Waals surface area (Å²) < 4.78 is 11.9. The van der Waals surface area contributed by atoms with E-state index in [1.54, 1.807) is 23.5 Å². The Morgan fingerprint density at radius 1 is 0.966 bits per heavy atom. The van der Waals surface area contributed by atoms with E-state index in [0.717, 1.165) is 27.4 Å². The van der Waals surface area contributed by atoms with Crippen molar-refractivity contribution in [2.24, 2.45) is 0 Å². The highest BCUT2D eigenvalue weighted by atomic mass is 32.1. The van der Waals surface area contributed by atoms with E-state index in [1.807, 2.05) is 66.7 Å². The second kappa shape index (κ2) is 8.71. The van der Waals surface area contributed by atoms with E-state index in [1.165, 1.54) is 11.8 Å². The summed E-state index contributed by atoms with van der Waals surface area (Å²) in [7, 11) is 1.37. The number of fused-ring (bicyclic) bond motifs is 1. The van der Waals surface area contributed by atoms with Crippen LogP contribution >= 0.6 is 11.3 Å². The van der Waals surface area contributed by atoms with Crippen LogP contribution in [0.2, 0.25) is 0 Å². The van der Waals surface area contributed by atoms with Gasteiger partial charge in [0.25, 0.3) is 0 Å². The molecule has 0 atom stereocenters. The van der Waals surface area contributed by atoms with E-state index in [9.17, 15) is 4.79 Å². The van der Waals surface area contributed by atoms with Crippen molar-refractivity contribution in [2.45, 2.75) is 6.61 Å². The van der Waals surface area contributed by atoms with Gasteiger partial charge in [-0.05, 0) is 48.0 Å². The number of rotatable bonds is 6. The highest BCUT2D eigenvalue weighted by Gasteiger charge is 2.06. The van der Waals surface area contributed by atoms with Gasteiger partial charge in [-0.2, -0.15) is 0 Å². The topological polar surface area (TPSA) is 48.4 Å². The Bertz CT molecular complexity index is 1130. The average molecular weight is 401 g/mol. The van der Waals surface area contributed by atoms with Crippen LogP contribution in [0.15, 0.2) is 72.8 Å². The van der Waals surface area contributed by atoms with Crippen LogP contribution in [0.5, 0.6) is 5.75 Å². The fourth-order valence-corrected chi connectivity index (χ4v) is 3.76. The van der Waals surface area contributed by atoms with Gasteiger partial charge in [-0.15, -0.1) is 11.3 Å². The SMILES string of the molecule is COC(=O)c1ccc(COc2ccccc2C=Cc2nc3ccccc3s2)cc1. The van der Waals surface area contributed by atoms with Crippen molar-refractivity contribution in [1.82, 2.24) is 4.98 Å². The average Bonchev–Trinajstić information content (AvgIpc) is 3.19. The molecule has 0 aliphatic carbocycles. The molecule has 5 heteroatoms. The number of carbonyl (C=O) groups is 1. The third kappa shape index (κ3) is 4.52. The van der Waals surface area contributed by atoms with Gasteiger partial charge in [0.2, 0.25) is 0 Å². The molecule has 0 fully saturated rings. The van der Waals surface area contributed by atoms with Gasteiger partial charge in [-0.3, -0.25) is 0 Å². The molecule has 1 heterocycles. The molecule has 0 unspecified atom stereocenters. The first-order valence-electron chi connectivity index (χ1n) is 9.16. The molecule has 4 nitrogen and oxygen atoms in total. The second-order valence-corrected chi connectivity index (χ2v) is 7.43. The van der Waals surface area contributed by atoms with Crippen LogP contribution in [-0.2, 0) is 11.3 Å². The Hall–Kier alpha value is -3.44. The van der Waals surface area contributed by atoms with Gasteiger partial charge in [0.15, 0.2) is 0 Å². The lowest BCUT2D eigenvalue weighted by molar-refractivity contribution is 0.0600. The number of carbonyl (C=O) groups excluding carboxylic acids is 1. The van der Waals surface area contributed by atoms with E-state index in [4.69, 9.17) is 9.47 Å². The van der Waals surface area contributed by atoms with Gasteiger partial charge in [0.05, 0.1) is 22.9 Å². The first-order chi connectivity index (χ1) is 14.2. The number of ether oxygens (including phenoxy) is 2. The Labute approximate surface area is 173 Å². The lowest BCUT2D eigenvalue weighted by Crippen LogP contribution is -2.02. The summed E-state index contributed by atoms with van der Waals surface area (Å²) >= 11 is 1.66. The fourth-order valence-electron chi connectivity index (χ4n) is 2.89. The predicted octanol–water partition coefficient (Wildman–Crippen LogP) is 5.83. The quantitative estimate of drug-likeness (QED) is 0.381. The van der Waals surface area contributed by atoms with Gasteiger partial charge < -0.3 is 9.47 Å². The van der Waals surface area contributed by atoms with Crippen LogP contribution < -0.4 is 4.74 Å². The number of aromatic nitrogens is 1. The number of benzene rings is 3. The number of esters is 1. The first-order valence-corrected chi connectivity index (χ1v) is 9.97. The zero-order chi connectivity index (χ0) is 20.1. The lowest BCUT2D eigenvalue weighted by atomic mass is 10.1. The highest BCUT2D eigenvalue weighted by Crippen LogP contribution is 2.25. The van der Waals surface area contributed by atoms with E-state index >= 15 is 0 Å². The number of hydrogen-bond acceptors (Lipinski definition) is 5. The highest BCUT2D eigenvalue weighted by molar-refractivity contribution is 7.19. The summed E-state index contributed by atoms with van der Waals surface area (Å²) in [5.41, 5.74) is 3.49. The van der Waals surface area contributed by atoms with Crippen molar-refractivity contribution in [2.75, 3.05) is 7.11 Å². The van der Waals surface area contributed by atoms with Crippen molar-refractivity contribution in [1.29, 1.82) is 0 Å². The third-order valence-corrected chi connectivity index (χ3v) is 5.41. The molecule has 0 aliphatic rings. The van der Waals surface area contributed by atoms with Crippen molar-refractivity contribution in [3.8, 4) is 5.75 Å². The van der Waals surface area contributed by atoms with Gasteiger partial charge in [-0.1, -0.05) is 42.5 Å². The number of methoxy groups -OCH3 is 1. The fraction of sp³-hybridized carbons (Fsp3) is 0.0833. The molecule has 0 bridgehead atoms. The minimum Gasteiger partial charge on any atom is -0.488 e. The number of hydrogen-bond donors (Lipinski definition) is 0. The Morgan fingerprint density at radius 3 is 2.52 bits per heavy atom. The summed E-state index contributed by atoms with van der Waals surface area (Å²) in [4.78, 5) is 16.2. The molecule has 0 N–H and O–H groups in total. The largest absolute Gasteiger partial charge is 0.488 e. The Balaban J connectivity index is 1.47. The summed E-state index contributed by atoms with van der Waals surface area (Å²) in [6.07, 6.45) is 4.03. The lowest BCUT2D eigenvalue weighted by Gasteiger charge is -2.09. The van der Waals surface area contributed by atoms with Crippen molar-refractivity contribution in [3.05, 3.63) is 94.5 Å². The van der Waals surface area contributed by atoms with Crippen LogP contribution in [0.4, 0.5) is 0 Å². The van der Waals surface area contributed by atoms with Crippen molar-refractivity contribution in [3.63, 3.8) is 0 Å². The molecule has 1 aromatic heterocycles.